The summed E-state index contributed by atoms with van der Waals surface area (Å²) in [5.41, 5.74) is 0. The Morgan fingerprint density at radius 1 is 0.339 bits per heavy atom. The van der Waals surface area contributed by atoms with Gasteiger partial charge in [-0.15, -0.1) is 0 Å². The molecule has 62 heavy (non-hydrogen) atoms. The summed E-state index contributed by atoms with van der Waals surface area (Å²) >= 11 is 0. The molecule has 0 aromatic heterocycles. The fourth-order valence-electron chi connectivity index (χ4n) is 7.39. The molecular weight excluding hydrogens is 769 g/mol. The van der Waals surface area contributed by atoms with Gasteiger partial charge in [0.2, 0.25) is 0 Å². The number of ether oxygens (including phenoxy) is 3. The zero-order valence-corrected chi connectivity index (χ0v) is 40.9. The predicted octanol–water partition coefficient (Wildman–Crippen LogP) is 17.3. The molecule has 6 nitrogen and oxygen atoms in total. The van der Waals surface area contributed by atoms with Crippen molar-refractivity contribution in [2.24, 2.45) is 0 Å². The highest BCUT2D eigenvalue weighted by atomic mass is 16.6. The number of rotatable bonds is 47. The van der Waals surface area contributed by atoms with Crippen LogP contribution in [0, 0.1) is 0 Å². The average Bonchev–Trinajstić information content (AvgIpc) is 3.27. The average molecular weight is 867 g/mol. The van der Waals surface area contributed by atoms with Crippen molar-refractivity contribution in [1.82, 2.24) is 0 Å². The van der Waals surface area contributed by atoms with E-state index in [-0.39, 0.29) is 31.1 Å². The zero-order chi connectivity index (χ0) is 45.1. The van der Waals surface area contributed by atoms with Crippen LogP contribution in [0.4, 0.5) is 0 Å². The summed E-state index contributed by atoms with van der Waals surface area (Å²) in [6.07, 6.45) is 62.0. The van der Waals surface area contributed by atoms with Crippen molar-refractivity contribution in [1.29, 1.82) is 0 Å². The molecule has 0 fully saturated rings. The smallest absolute Gasteiger partial charge is 0.306 e. The summed E-state index contributed by atoms with van der Waals surface area (Å²) in [5, 5.41) is 0. The first-order valence-electron chi connectivity index (χ1n) is 26.3. The largest absolute Gasteiger partial charge is 0.462 e. The SMILES string of the molecule is CC\C=C/C=C\C=C/C=C\CCCCCC(=O)OCC(COC(=O)CCCCCCCCCCCCCCCCCC)OC(=O)CCCCCCCCC/C=C\CCCCCC. The molecule has 0 aliphatic rings. The van der Waals surface area contributed by atoms with Gasteiger partial charge in [-0.1, -0.05) is 236 Å². The van der Waals surface area contributed by atoms with Gasteiger partial charge in [-0.05, 0) is 64.2 Å². The van der Waals surface area contributed by atoms with Gasteiger partial charge in [0.1, 0.15) is 13.2 Å². The van der Waals surface area contributed by atoms with E-state index in [1.54, 1.807) is 0 Å². The van der Waals surface area contributed by atoms with Crippen molar-refractivity contribution in [3.8, 4) is 0 Å². The fraction of sp³-hybridized carbons (Fsp3) is 0.768. The Bertz CT molecular complexity index is 1130. The van der Waals surface area contributed by atoms with Crippen LogP contribution in [0.2, 0.25) is 0 Å². The van der Waals surface area contributed by atoms with Crippen molar-refractivity contribution < 1.29 is 28.6 Å². The lowest BCUT2D eigenvalue weighted by Gasteiger charge is -2.18. The minimum absolute atomic E-state index is 0.0865. The van der Waals surface area contributed by atoms with Gasteiger partial charge in [-0.25, -0.2) is 0 Å². The van der Waals surface area contributed by atoms with Crippen LogP contribution in [0.3, 0.4) is 0 Å². The molecule has 1 unspecified atom stereocenters. The van der Waals surface area contributed by atoms with Gasteiger partial charge >= 0.3 is 17.9 Å². The van der Waals surface area contributed by atoms with Crippen LogP contribution in [-0.4, -0.2) is 37.2 Å². The molecule has 0 amide bonds. The van der Waals surface area contributed by atoms with Gasteiger partial charge in [0.15, 0.2) is 6.10 Å². The quantitative estimate of drug-likeness (QED) is 0.0199. The molecule has 0 saturated heterocycles. The summed E-state index contributed by atoms with van der Waals surface area (Å²) in [7, 11) is 0. The van der Waals surface area contributed by atoms with Crippen LogP contribution in [0.25, 0.3) is 0 Å². The molecule has 0 aromatic rings. The second-order valence-electron chi connectivity index (χ2n) is 17.5. The highest BCUT2D eigenvalue weighted by Gasteiger charge is 2.19. The third-order valence-corrected chi connectivity index (χ3v) is 11.4. The van der Waals surface area contributed by atoms with Crippen LogP contribution in [0.1, 0.15) is 258 Å². The summed E-state index contributed by atoms with van der Waals surface area (Å²) in [6, 6.07) is 0. The van der Waals surface area contributed by atoms with Crippen LogP contribution in [0.5, 0.6) is 0 Å². The topological polar surface area (TPSA) is 78.9 Å². The van der Waals surface area contributed by atoms with Crippen LogP contribution < -0.4 is 0 Å². The fourth-order valence-corrected chi connectivity index (χ4v) is 7.39. The van der Waals surface area contributed by atoms with E-state index in [2.05, 4.69) is 51.2 Å². The van der Waals surface area contributed by atoms with E-state index in [9.17, 15) is 14.4 Å². The van der Waals surface area contributed by atoms with Gasteiger partial charge in [0.25, 0.3) is 0 Å². The second kappa shape index (κ2) is 50.8. The van der Waals surface area contributed by atoms with Gasteiger partial charge in [0, 0.05) is 19.3 Å². The third-order valence-electron chi connectivity index (χ3n) is 11.4. The van der Waals surface area contributed by atoms with Gasteiger partial charge in [-0.3, -0.25) is 14.4 Å². The molecule has 0 aromatic carbocycles. The van der Waals surface area contributed by atoms with Crippen molar-refractivity contribution in [2.75, 3.05) is 13.2 Å². The molecule has 0 N–H and O–H groups in total. The zero-order valence-electron chi connectivity index (χ0n) is 40.9. The van der Waals surface area contributed by atoms with Crippen molar-refractivity contribution in [3.05, 3.63) is 60.8 Å². The Kier molecular flexibility index (Phi) is 48.4. The molecule has 0 radical (unpaired) electrons. The Balaban J connectivity index is 4.41. The molecule has 0 aliphatic heterocycles. The normalized spacial score (nSPS) is 12.5. The molecule has 0 heterocycles. The lowest BCUT2D eigenvalue weighted by molar-refractivity contribution is -0.167. The number of carbonyl (C=O) groups is 3. The van der Waals surface area contributed by atoms with Crippen molar-refractivity contribution >= 4 is 17.9 Å². The first-order valence-corrected chi connectivity index (χ1v) is 26.3. The number of hydrogen-bond acceptors (Lipinski definition) is 6. The molecule has 6 heteroatoms. The molecule has 0 bridgehead atoms. The molecule has 0 aliphatic carbocycles. The van der Waals surface area contributed by atoms with E-state index in [0.717, 1.165) is 70.6 Å². The number of carbonyl (C=O) groups excluding carboxylic acids is 3. The molecule has 0 saturated carbocycles. The standard InChI is InChI=1S/C56H98O6/c1-4-7-10-13-16-19-22-25-27-29-31-34-37-40-43-46-49-55(58)61-52-53(51-60-54(57)48-45-42-39-36-33-30-24-21-18-15-12-9-6-3)62-56(59)50-47-44-41-38-35-32-28-26-23-20-17-14-11-8-5-2/h9,12,15,18,20-21,23-24,30,33,53H,4-8,10-11,13-14,16-17,19,22,25-29,31-32,34-52H2,1-3H3/b12-9-,18-15-,23-20-,24-21-,33-30-. The maximum Gasteiger partial charge on any atom is 0.306 e. The molecular formula is C56H98O6. The maximum atomic E-state index is 12.8. The van der Waals surface area contributed by atoms with E-state index in [0.29, 0.717) is 19.3 Å². The molecule has 0 spiro atoms. The highest BCUT2D eigenvalue weighted by molar-refractivity contribution is 5.71. The van der Waals surface area contributed by atoms with E-state index >= 15 is 0 Å². The van der Waals surface area contributed by atoms with Gasteiger partial charge < -0.3 is 14.2 Å². The second-order valence-corrected chi connectivity index (χ2v) is 17.5. The summed E-state index contributed by atoms with van der Waals surface area (Å²) < 4.78 is 16.8. The Morgan fingerprint density at radius 3 is 1.06 bits per heavy atom. The molecule has 0 rings (SSSR count). The number of allylic oxidation sites excluding steroid dienone is 10. The van der Waals surface area contributed by atoms with Crippen LogP contribution >= 0.6 is 0 Å². The van der Waals surface area contributed by atoms with Gasteiger partial charge in [-0.2, -0.15) is 0 Å². The Labute approximate surface area is 383 Å². The van der Waals surface area contributed by atoms with Crippen molar-refractivity contribution in [3.63, 3.8) is 0 Å². The number of hydrogen-bond donors (Lipinski definition) is 0. The van der Waals surface area contributed by atoms with Crippen LogP contribution in [0.15, 0.2) is 60.8 Å². The van der Waals surface area contributed by atoms with Gasteiger partial charge in [0.05, 0.1) is 0 Å². The highest BCUT2D eigenvalue weighted by Crippen LogP contribution is 2.16. The van der Waals surface area contributed by atoms with E-state index in [4.69, 9.17) is 14.2 Å². The maximum absolute atomic E-state index is 12.8. The summed E-state index contributed by atoms with van der Waals surface area (Å²) in [5.74, 6) is -0.925. The van der Waals surface area contributed by atoms with E-state index in [1.807, 2.05) is 30.4 Å². The summed E-state index contributed by atoms with van der Waals surface area (Å²) in [6.45, 7) is 6.46. The van der Waals surface area contributed by atoms with Crippen molar-refractivity contribution in [2.45, 2.75) is 264 Å². The lowest BCUT2D eigenvalue weighted by atomic mass is 10.0. The molecule has 1 atom stereocenters. The summed E-state index contributed by atoms with van der Waals surface area (Å²) in [4.78, 5) is 38.0. The molecule has 358 valence electrons. The first-order chi connectivity index (χ1) is 30.5. The van der Waals surface area contributed by atoms with E-state index in [1.165, 1.54) is 148 Å². The number of unbranched alkanes of at least 4 members (excludes halogenated alkanes) is 29. The predicted molar refractivity (Wildman–Crippen MR) is 265 cm³/mol. The Hall–Kier alpha value is -2.89. The lowest BCUT2D eigenvalue weighted by Crippen LogP contribution is -2.30. The minimum atomic E-state index is -0.790. The van der Waals surface area contributed by atoms with Crippen LogP contribution in [-0.2, 0) is 28.6 Å². The van der Waals surface area contributed by atoms with E-state index < -0.39 is 6.10 Å². The third kappa shape index (κ3) is 48.1. The monoisotopic (exact) mass is 867 g/mol. The minimum Gasteiger partial charge on any atom is -0.462 e. The number of esters is 3. The first kappa shape index (κ1) is 59.1. The Morgan fingerprint density at radius 2 is 0.645 bits per heavy atom.